The minimum atomic E-state index is -0.230. The molecule has 3 heteroatoms. The van der Waals surface area contributed by atoms with Crippen LogP contribution in [0.1, 0.15) is 22.8 Å². The highest BCUT2D eigenvalue weighted by Gasteiger charge is 2.12. The zero-order valence-electron chi connectivity index (χ0n) is 13.7. The Labute approximate surface area is 152 Å². The minimum Gasteiger partial charge on any atom is -0.321 e. The van der Waals surface area contributed by atoms with Gasteiger partial charge in [-0.2, -0.15) is 0 Å². The lowest BCUT2D eigenvalue weighted by atomic mass is 10.0. The van der Waals surface area contributed by atoms with Crippen molar-refractivity contribution in [2.24, 2.45) is 0 Å². The summed E-state index contributed by atoms with van der Waals surface area (Å²) in [6.07, 6.45) is 0. The Morgan fingerprint density at radius 1 is 0.920 bits per heavy atom. The number of benzene rings is 3. The van der Waals surface area contributed by atoms with Crippen LogP contribution in [0.15, 0.2) is 72.8 Å². The van der Waals surface area contributed by atoms with Gasteiger partial charge in [-0.3, -0.25) is 4.79 Å². The van der Waals surface area contributed by atoms with E-state index in [-0.39, 0.29) is 5.91 Å². The second-order valence-corrected chi connectivity index (χ2v) is 5.84. The smallest absolute Gasteiger partial charge is 0.257 e. The van der Waals surface area contributed by atoms with E-state index in [0.29, 0.717) is 10.6 Å². The number of carbonyl (C=O) groups is 1. The van der Waals surface area contributed by atoms with Gasteiger partial charge in [0.15, 0.2) is 0 Å². The molecule has 1 amide bonds. The molecular formula is C22H16ClNO. The molecule has 0 fully saturated rings. The SMILES string of the molecule is CC#Cc1ccc(-c2ccccc2NC(=O)c2ccccc2Cl)cc1. The summed E-state index contributed by atoms with van der Waals surface area (Å²) < 4.78 is 0. The minimum absolute atomic E-state index is 0.230. The summed E-state index contributed by atoms with van der Waals surface area (Å²) in [5.74, 6) is 5.68. The van der Waals surface area contributed by atoms with Crippen molar-refractivity contribution in [3.63, 3.8) is 0 Å². The third kappa shape index (κ3) is 3.91. The number of anilines is 1. The summed E-state index contributed by atoms with van der Waals surface area (Å²) in [5.41, 5.74) is 4.11. The maximum atomic E-state index is 12.5. The first-order chi connectivity index (χ1) is 12.2. The molecule has 0 radical (unpaired) electrons. The van der Waals surface area contributed by atoms with E-state index in [0.717, 1.165) is 22.4 Å². The molecule has 2 nitrogen and oxygen atoms in total. The summed E-state index contributed by atoms with van der Waals surface area (Å²) >= 11 is 6.12. The number of carbonyl (C=O) groups excluding carboxylic acids is 1. The van der Waals surface area contributed by atoms with Gasteiger partial charge in [0.2, 0.25) is 0 Å². The zero-order valence-corrected chi connectivity index (χ0v) is 14.5. The molecule has 3 aromatic carbocycles. The van der Waals surface area contributed by atoms with Crippen LogP contribution < -0.4 is 5.32 Å². The third-order valence-corrected chi connectivity index (χ3v) is 4.09. The van der Waals surface area contributed by atoms with E-state index in [4.69, 9.17) is 11.6 Å². The average molecular weight is 346 g/mol. The highest BCUT2D eigenvalue weighted by molar-refractivity contribution is 6.34. The van der Waals surface area contributed by atoms with Gasteiger partial charge in [-0.25, -0.2) is 0 Å². The summed E-state index contributed by atoms with van der Waals surface area (Å²) in [6, 6.07) is 22.6. The van der Waals surface area contributed by atoms with Crippen molar-refractivity contribution < 1.29 is 4.79 Å². The Kier molecular flexibility index (Phi) is 5.18. The van der Waals surface area contributed by atoms with Crippen LogP contribution in [0.3, 0.4) is 0 Å². The zero-order chi connectivity index (χ0) is 17.6. The van der Waals surface area contributed by atoms with Crippen molar-refractivity contribution >= 4 is 23.2 Å². The van der Waals surface area contributed by atoms with Crippen molar-refractivity contribution in [2.75, 3.05) is 5.32 Å². The van der Waals surface area contributed by atoms with Gasteiger partial charge in [-0.05, 0) is 42.8 Å². The second-order valence-electron chi connectivity index (χ2n) is 5.43. The highest BCUT2D eigenvalue weighted by Crippen LogP contribution is 2.29. The molecule has 1 N–H and O–H groups in total. The van der Waals surface area contributed by atoms with Crippen molar-refractivity contribution in [2.45, 2.75) is 6.92 Å². The van der Waals surface area contributed by atoms with E-state index < -0.39 is 0 Å². The van der Waals surface area contributed by atoms with Crippen LogP contribution in [0, 0.1) is 11.8 Å². The van der Waals surface area contributed by atoms with Crippen molar-refractivity contribution in [3.8, 4) is 23.0 Å². The monoisotopic (exact) mass is 345 g/mol. The van der Waals surface area contributed by atoms with E-state index in [9.17, 15) is 4.79 Å². The van der Waals surface area contributed by atoms with Crippen LogP contribution in [0.2, 0.25) is 5.02 Å². The molecule has 0 heterocycles. The maximum absolute atomic E-state index is 12.5. The molecule has 0 bridgehead atoms. The van der Waals surface area contributed by atoms with Gasteiger partial charge in [0, 0.05) is 16.8 Å². The van der Waals surface area contributed by atoms with Gasteiger partial charge < -0.3 is 5.32 Å². The largest absolute Gasteiger partial charge is 0.321 e. The summed E-state index contributed by atoms with van der Waals surface area (Å²) in [6.45, 7) is 1.81. The van der Waals surface area contributed by atoms with Crippen LogP contribution in [-0.4, -0.2) is 5.91 Å². The van der Waals surface area contributed by atoms with E-state index in [2.05, 4.69) is 17.2 Å². The van der Waals surface area contributed by atoms with Crippen LogP contribution in [0.5, 0.6) is 0 Å². The van der Waals surface area contributed by atoms with E-state index in [1.165, 1.54) is 0 Å². The molecule has 0 unspecified atom stereocenters. The molecule has 0 spiro atoms. The number of nitrogens with one attached hydrogen (secondary N) is 1. The first kappa shape index (κ1) is 16.8. The standard InChI is InChI=1S/C22H16ClNO/c1-2-7-16-12-14-17(15-13-16)18-8-4-6-11-21(18)24-22(25)19-9-3-5-10-20(19)23/h3-6,8-15H,1H3,(H,24,25). The van der Waals surface area contributed by atoms with Crippen LogP contribution in [0.25, 0.3) is 11.1 Å². The fraction of sp³-hybridized carbons (Fsp3) is 0.0455. The lowest BCUT2D eigenvalue weighted by Gasteiger charge is -2.12. The van der Waals surface area contributed by atoms with Gasteiger partial charge >= 0.3 is 0 Å². The molecular weight excluding hydrogens is 330 g/mol. The molecule has 25 heavy (non-hydrogen) atoms. The third-order valence-electron chi connectivity index (χ3n) is 3.76. The average Bonchev–Trinajstić information content (AvgIpc) is 2.63. The number of amides is 1. The normalized spacial score (nSPS) is 9.84. The quantitative estimate of drug-likeness (QED) is 0.612. The fourth-order valence-electron chi connectivity index (χ4n) is 2.56. The fourth-order valence-corrected chi connectivity index (χ4v) is 2.78. The number of hydrogen-bond donors (Lipinski definition) is 1. The number of hydrogen-bond acceptors (Lipinski definition) is 1. The molecule has 0 aromatic heterocycles. The summed E-state index contributed by atoms with van der Waals surface area (Å²) in [7, 11) is 0. The Hall–Kier alpha value is -3.02. The molecule has 0 saturated heterocycles. The number of para-hydroxylation sites is 1. The predicted octanol–water partition coefficient (Wildman–Crippen LogP) is 5.63. The molecule has 0 atom stereocenters. The molecule has 3 aromatic rings. The molecule has 0 saturated carbocycles. The lowest BCUT2D eigenvalue weighted by Crippen LogP contribution is -2.13. The van der Waals surface area contributed by atoms with Gasteiger partial charge in [0.1, 0.15) is 0 Å². The Morgan fingerprint density at radius 3 is 2.32 bits per heavy atom. The first-order valence-corrected chi connectivity index (χ1v) is 8.25. The lowest BCUT2D eigenvalue weighted by molar-refractivity contribution is 0.102. The second kappa shape index (κ2) is 7.70. The van der Waals surface area contributed by atoms with Gasteiger partial charge in [0.05, 0.1) is 10.6 Å². The maximum Gasteiger partial charge on any atom is 0.257 e. The van der Waals surface area contributed by atoms with E-state index in [1.807, 2.05) is 55.5 Å². The first-order valence-electron chi connectivity index (χ1n) is 7.87. The van der Waals surface area contributed by atoms with Crippen LogP contribution >= 0.6 is 11.6 Å². The summed E-state index contributed by atoms with van der Waals surface area (Å²) in [5, 5.41) is 3.39. The highest BCUT2D eigenvalue weighted by atomic mass is 35.5. The Balaban J connectivity index is 1.92. The van der Waals surface area contributed by atoms with Crippen molar-refractivity contribution in [1.29, 1.82) is 0 Å². The van der Waals surface area contributed by atoms with Crippen LogP contribution in [0.4, 0.5) is 5.69 Å². The van der Waals surface area contributed by atoms with Gasteiger partial charge in [-0.1, -0.05) is 60.0 Å². The number of rotatable bonds is 3. The van der Waals surface area contributed by atoms with E-state index in [1.54, 1.807) is 24.3 Å². The van der Waals surface area contributed by atoms with Gasteiger partial charge in [-0.15, -0.1) is 5.92 Å². The summed E-state index contributed by atoms with van der Waals surface area (Å²) in [4.78, 5) is 12.5. The molecule has 122 valence electrons. The Bertz CT molecular complexity index is 965. The number of halogens is 1. The topological polar surface area (TPSA) is 29.1 Å². The molecule has 0 aliphatic heterocycles. The predicted molar refractivity (Wildman–Crippen MR) is 104 cm³/mol. The Morgan fingerprint density at radius 2 is 1.60 bits per heavy atom. The van der Waals surface area contributed by atoms with Crippen molar-refractivity contribution in [3.05, 3.63) is 88.9 Å². The molecule has 0 aliphatic carbocycles. The van der Waals surface area contributed by atoms with E-state index >= 15 is 0 Å². The molecule has 0 aliphatic rings. The van der Waals surface area contributed by atoms with Gasteiger partial charge in [0.25, 0.3) is 5.91 Å². The van der Waals surface area contributed by atoms with Crippen molar-refractivity contribution in [1.82, 2.24) is 0 Å². The molecule has 3 rings (SSSR count). The van der Waals surface area contributed by atoms with Crippen LogP contribution in [-0.2, 0) is 0 Å².